The SMILES string of the molecule is CC(C)OP(=O)(OC(C)C)c1ccccc1. The summed E-state index contributed by atoms with van der Waals surface area (Å²) in [5.74, 6) is 0. The van der Waals surface area contributed by atoms with Crippen LogP contribution >= 0.6 is 7.60 Å². The van der Waals surface area contributed by atoms with Crippen LogP contribution in [0.2, 0.25) is 0 Å². The maximum atomic E-state index is 12.6. The lowest BCUT2D eigenvalue weighted by atomic mass is 10.4. The normalized spacial score (nSPS) is 12.4. The summed E-state index contributed by atoms with van der Waals surface area (Å²) >= 11 is 0. The molecule has 0 N–H and O–H groups in total. The van der Waals surface area contributed by atoms with Gasteiger partial charge in [0.05, 0.1) is 17.5 Å². The Morgan fingerprint density at radius 1 is 0.938 bits per heavy atom. The Bertz CT molecular complexity index is 346. The van der Waals surface area contributed by atoms with Crippen molar-refractivity contribution in [2.45, 2.75) is 39.9 Å². The molecule has 0 aromatic heterocycles. The third kappa shape index (κ3) is 3.75. The van der Waals surface area contributed by atoms with Crippen LogP contribution in [0.3, 0.4) is 0 Å². The first kappa shape index (κ1) is 13.4. The van der Waals surface area contributed by atoms with Gasteiger partial charge in [-0.3, -0.25) is 4.57 Å². The minimum absolute atomic E-state index is 0.134. The maximum absolute atomic E-state index is 12.6. The van der Waals surface area contributed by atoms with Crippen molar-refractivity contribution in [2.24, 2.45) is 0 Å². The number of benzene rings is 1. The fourth-order valence-corrected chi connectivity index (χ4v) is 3.25. The van der Waals surface area contributed by atoms with Crippen LogP contribution in [0.4, 0.5) is 0 Å². The van der Waals surface area contributed by atoms with Crippen LogP contribution in [-0.4, -0.2) is 12.2 Å². The molecule has 90 valence electrons. The Kier molecular flexibility index (Phi) is 4.72. The zero-order chi connectivity index (χ0) is 12.2. The molecule has 0 amide bonds. The van der Waals surface area contributed by atoms with E-state index in [4.69, 9.17) is 9.05 Å². The van der Waals surface area contributed by atoms with Crippen molar-refractivity contribution in [3.8, 4) is 0 Å². The predicted octanol–water partition coefficient (Wildman–Crippen LogP) is 3.36. The molecule has 0 atom stereocenters. The molecule has 0 unspecified atom stereocenters. The molecular weight excluding hydrogens is 223 g/mol. The molecule has 0 fully saturated rings. The van der Waals surface area contributed by atoms with Crippen molar-refractivity contribution >= 4 is 12.9 Å². The maximum Gasteiger partial charge on any atom is 0.361 e. The highest BCUT2D eigenvalue weighted by Gasteiger charge is 2.29. The largest absolute Gasteiger partial charge is 0.361 e. The van der Waals surface area contributed by atoms with Gasteiger partial charge in [-0.2, -0.15) is 0 Å². The van der Waals surface area contributed by atoms with E-state index >= 15 is 0 Å². The minimum atomic E-state index is -3.18. The highest BCUT2D eigenvalue weighted by atomic mass is 31.2. The van der Waals surface area contributed by atoms with Crippen molar-refractivity contribution < 1.29 is 13.6 Å². The van der Waals surface area contributed by atoms with E-state index in [1.165, 1.54) is 0 Å². The average Bonchev–Trinajstić information content (AvgIpc) is 2.16. The summed E-state index contributed by atoms with van der Waals surface area (Å²) in [6.45, 7) is 7.39. The standard InChI is InChI=1S/C12H19O3P/c1-10(2)14-16(13,15-11(3)4)12-8-6-5-7-9-12/h5-11H,1-4H3. The zero-order valence-electron chi connectivity index (χ0n) is 10.2. The molecule has 0 aliphatic heterocycles. The van der Waals surface area contributed by atoms with E-state index in [2.05, 4.69) is 0 Å². The van der Waals surface area contributed by atoms with Gasteiger partial charge in [-0.05, 0) is 39.8 Å². The van der Waals surface area contributed by atoms with E-state index in [1.807, 2.05) is 45.9 Å². The van der Waals surface area contributed by atoms with Crippen LogP contribution in [-0.2, 0) is 13.6 Å². The van der Waals surface area contributed by atoms with Gasteiger partial charge in [-0.15, -0.1) is 0 Å². The summed E-state index contributed by atoms with van der Waals surface area (Å²) in [6.07, 6.45) is -0.269. The molecule has 0 bridgehead atoms. The van der Waals surface area contributed by atoms with E-state index in [9.17, 15) is 4.57 Å². The fraction of sp³-hybridized carbons (Fsp3) is 0.500. The number of hydrogen-bond acceptors (Lipinski definition) is 3. The summed E-state index contributed by atoms with van der Waals surface area (Å²) < 4.78 is 23.5. The zero-order valence-corrected chi connectivity index (χ0v) is 11.1. The van der Waals surface area contributed by atoms with Crippen LogP contribution < -0.4 is 5.30 Å². The van der Waals surface area contributed by atoms with Gasteiger partial charge in [0, 0.05) is 0 Å². The highest BCUT2D eigenvalue weighted by molar-refractivity contribution is 7.62. The molecule has 0 radical (unpaired) electrons. The van der Waals surface area contributed by atoms with E-state index in [1.54, 1.807) is 12.1 Å². The van der Waals surface area contributed by atoms with Crippen LogP contribution in [0.25, 0.3) is 0 Å². The average molecular weight is 242 g/mol. The van der Waals surface area contributed by atoms with E-state index in [0.29, 0.717) is 5.30 Å². The van der Waals surface area contributed by atoms with E-state index in [0.717, 1.165) is 0 Å². The lowest BCUT2D eigenvalue weighted by Gasteiger charge is -2.22. The lowest BCUT2D eigenvalue weighted by Crippen LogP contribution is -2.16. The topological polar surface area (TPSA) is 35.5 Å². The van der Waals surface area contributed by atoms with Crippen LogP contribution in [0.1, 0.15) is 27.7 Å². The van der Waals surface area contributed by atoms with Crippen molar-refractivity contribution in [3.63, 3.8) is 0 Å². The quantitative estimate of drug-likeness (QED) is 0.743. The Morgan fingerprint density at radius 3 is 1.75 bits per heavy atom. The second kappa shape index (κ2) is 5.62. The van der Waals surface area contributed by atoms with Crippen LogP contribution in [0, 0.1) is 0 Å². The molecule has 0 heterocycles. The first-order chi connectivity index (χ1) is 7.44. The molecule has 1 aromatic rings. The van der Waals surface area contributed by atoms with Gasteiger partial charge in [-0.1, -0.05) is 18.2 Å². The molecule has 0 aliphatic rings. The molecule has 0 saturated carbocycles. The second-order valence-corrected chi connectivity index (χ2v) is 6.07. The van der Waals surface area contributed by atoms with E-state index in [-0.39, 0.29) is 12.2 Å². The summed E-state index contributed by atoms with van der Waals surface area (Å²) in [5, 5.41) is 0.609. The first-order valence-corrected chi connectivity index (χ1v) is 7.01. The number of hydrogen-bond donors (Lipinski definition) is 0. The molecule has 4 heteroatoms. The smallest absolute Gasteiger partial charge is 0.302 e. The Labute approximate surface area is 97.3 Å². The van der Waals surface area contributed by atoms with Crippen LogP contribution in [0.15, 0.2) is 30.3 Å². The third-order valence-corrected chi connectivity index (χ3v) is 4.10. The summed E-state index contributed by atoms with van der Waals surface area (Å²) in [6, 6.07) is 9.07. The Balaban J connectivity index is 3.00. The van der Waals surface area contributed by atoms with Gasteiger partial charge in [-0.25, -0.2) is 0 Å². The van der Waals surface area contributed by atoms with Crippen molar-refractivity contribution in [1.82, 2.24) is 0 Å². The molecule has 16 heavy (non-hydrogen) atoms. The predicted molar refractivity (Wildman–Crippen MR) is 66.1 cm³/mol. The molecule has 0 spiro atoms. The molecule has 0 saturated heterocycles. The minimum Gasteiger partial charge on any atom is -0.302 e. The number of rotatable bonds is 5. The van der Waals surface area contributed by atoms with Crippen LogP contribution in [0.5, 0.6) is 0 Å². The third-order valence-electron chi connectivity index (χ3n) is 1.77. The second-order valence-electron chi connectivity index (χ2n) is 4.14. The van der Waals surface area contributed by atoms with Crippen molar-refractivity contribution in [3.05, 3.63) is 30.3 Å². The molecular formula is C12H19O3P. The Morgan fingerprint density at radius 2 is 1.38 bits per heavy atom. The monoisotopic (exact) mass is 242 g/mol. The fourth-order valence-electron chi connectivity index (χ4n) is 1.31. The molecule has 1 rings (SSSR count). The van der Waals surface area contributed by atoms with Gasteiger partial charge in [0.15, 0.2) is 0 Å². The van der Waals surface area contributed by atoms with E-state index < -0.39 is 7.60 Å². The summed E-state index contributed by atoms with van der Waals surface area (Å²) in [5.41, 5.74) is 0. The summed E-state index contributed by atoms with van der Waals surface area (Å²) in [7, 11) is -3.18. The first-order valence-electron chi connectivity index (χ1n) is 5.46. The van der Waals surface area contributed by atoms with Gasteiger partial charge < -0.3 is 9.05 Å². The van der Waals surface area contributed by atoms with Crippen molar-refractivity contribution in [1.29, 1.82) is 0 Å². The van der Waals surface area contributed by atoms with Gasteiger partial charge >= 0.3 is 7.60 Å². The van der Waals surface area contributed by atoms with Gasteiger partial charge in [0.25, 0.3) is 0 Å². The highest BCUT2D eigenvalue weighted by Crippen LogP contribution is 2.49. The van der Waals surface area contributed by atoms with Gasteiger partial charge in [0.2, 0.25) is 0 Å². The Hall–Kier alpha value is -0.630. The van der Waals surface area contributed by atoms with Crippen molar-refractivity contribution in [2.75, 3.05) is 0 Å². The summed E-state index contributed by atoms with van der Waals surface area (Å²) in [4.78, 5) is 0. The molecule has 3 nitrogen and oxygen atoms in total. The molecule has 0 aliphatic carbocycles. The lowest BCUT2D eigenvalue weighted by molar-refractivity contribution is 0.150. The van der Waals surface area contributed by atoms with Gasteiger partial charge in [0.1, 0.15) is 0 Å². The molecule has 1 aromatic carbocycles.